The van der Waals surface area contributed by atoms with Crippen molar-refractivity contribution in [1.29, 1.82) is 0 Å². The highest BCUT2D eigenvalue weighted by atomic mass is 35.5. The Balaban J connectivity index is 2.18. The summed E-state index contributed by atoms with van der Waals surface area (Å²) in [6.07, 6.45) is 1.09. The molecule has 2 aromatic rings. The van der Waals surface area contributed by atoms with Gasteiger partial charge in [-0.2, -0.15) is 0 Å². The number of rotatable bonds is 5. The lowest BCUT2D eigenvalue weighted by Crippen LogP contribution is -2.19. The molecular weight excluding hydrogens is 283 g/mol. The van der Waals surface area contributed by atoms with Crippen molar-refractivity contribution < 1.29 is 4.39 Å². The average Bonchev–Trinajstić information content (AvgIpc) is 2.89. The molecule has 19 heavy (non-hydrogen) atoms. The van der Waals surface area contributed by atoms with E-state index in [-0.39, 0.29) is 11.1 Å². The van der Waals surface area contributed by atoms with E-state index in [2.05, 4.69) is 24.1 Å². The molecule has 1 N–H and O–H groups in total. The van der Waals surface area contributed by atoms with Crippen LogP contribution < -0.4 is 5.32 Å². The number of benzene rings is 1. The normalized spacial score (nSPS) is 12.6. The van der Waals surface area contributed by atoms with Crippen LogP contribution in [0.2, 0.25) is 5.02 Å². The van der Waals surface area contributed by atoms with Gasteiger partial charge in [0, 0.05) is 17.0 Å². The second-order valence-electron chi connectivity index (χ2n) is 4.38. The van der Waals surface area contributed by atoms with Crippen molar-refractivity contribution in [2.75, 3.05) is 6.54 Å². The number of hydrogen-bond donors (Lipinski definition) is 1. The van der Waals surface area contributed by atoms with E-state index in [4.69, 9.17) is 11.6 Å². The quantitative estimate of drug-likeness (QED) is 0.868. The fraction of sp³-hybridized carbons (Fsp3) is 0.357. The number of hydrogen-bond acceptors (Lipinski definition) is 3. The molecule has 102 valence electrons. The van der Waals surface area contributed by atoms with Crippen LogP contribution in [0.15, 0.2) is 23.6 Å². The van der Waals surface area contributed by atoms with Crippen molar-refractivity contribution in [1.82, 2.24) is 10.3 Å². The third kappa shape index (κ3) is 3.53. The molecule has 0 aliphatic rings. The third-order valence-corrected chi connectivity index (χ3v) is 4.03. The molecule has 0 saturated heterocycles. The van der Waals surface area contributed by atoms with Crippen LogP contribution in [0, 0.1) is 5.82 Å². The first kappa shape index (κ1) is 14.4. The predicted molar refractivity (Wildman–Crippen MR) is 79.2 cm³/mol. The van der Waals surface area contributed by atoms with E-state index < -0.39 is 5.82 Å². The summed E-state index contributed by atoms with van der Waals surface area (Å²) in [4.78, 5) is 4.58. The molecule has 1 aromatic heterocycles. The minimum atomic E-state index is -0.403. The van der Waals surface area contributed by atoms with Gasteiger partial charge in [-0.05, 0) is 38.1 Å². The van der Waals surface area contributed by atoms with Gasteiger partial charge in [0.1, 0.15) is 10.8 Å². The van der Waals surface area contributed by atoms with Crippen molar-refractivity contribution in [3.63, 3.8) is 0 Å². The first-order chi connectivity index (χ1) is 9.11. The molecule has 0 aliphatic carbocycles. The number of aromatic nitrogens is 1. The van der Waals surface area contributed by atoms with Crippen molar-refractivity contribution in [3.8, 4) is 10.6 Å². The highest BCUT2D eigenvalue weighted by Gasteiger charge is 2.11. The highest BCUT2D eigenvalue weighted by Crippen LogP contribution is 2.29. The first-order valence-corrected chi connectivity index (χ1v) is 7.51. The van der Waals surface area contributed by atoms with E-state index in [9.17, 15) is 4.39 Å². The zero-order valence-electron chi connectivity index (χ0n) is 10.9. The maximum absolute atomic E-state index is 13.1. The smallest absolute Gasteiger partial charge is 0.141 e. The second kappa shape index (κ2) is 6.46. The van der Waals surface area contributed by atoms with E-state index in [1.54, 1.807) is 23.5 Å². The average molecular weight is 299 g/mol. The van der Waals surface area contributed by atoms with Gasteiger partial charge in [-0.15, -0.1) is 11.3 Å². The Kier molecular flexibility index (Phi) is 4.91. The van der Waals surface area contributed by atoms with Gasteiger partial charge >= 0.3 is 0 Å². The van der Waals surface area contributed by atoms with Gasteiger partial charge < -0.3 is 5.32 Å². The van der Waals surface area contributed by atoms with Gasteiger partial charge in [-0.25, -0.2) is 9.37 Å². The van der Waals surface area contributed by atoms with Crippen molar-refractivity contribution >= 4 is 22.9 Å². The Bertz CT molecular complexity index is 556. The van der Waals surface area contributed by atoms with Gasteiger partial charge in [0.25, 0.3) is 0 Å². The number of thiazole rings is 1. The number of nitrogens with one attached hydrogen (secondary N) is 1. The van der Waals surface area contributed by atoms with E-state index >= 15 is 0 Å². The molecule has 2 rings (SSSR count). The highest BCUT2D eigenvalue weighted by molar-refractivity contribution is 7.13. The monoisotopic (exact) mass is 298 g/mol. The summed E-state index contributed by atoms with van der Waals surface area (Å²) in [7, 11) is 0. The van der Waals surface area contributed by atoms with Crippen LogP contribution in [-0.4, -0.2) is 11.5 Å². The van der Waals surface area contributed by atoms with Crippen LogP contribution in [0.5, 0.6) is 0 Å². The number of halogens is 2. The molecule has 0 spiro atoms. The Morgan fingerprint density at radius 2 is 2.26 bits per heavy atom. The maximum Gasteiger partial charge on any atom is 0.141 e. The van der Waals surface area contributed by atoms with E-state index in [1.807, 2.05) is 5.38 Å². The summed E-state index contributed by atoms with van der Waals surface area (Å²) in [5.41, 5.74) is 1.86. The lowest BCUT2D eigenvalue weighted by molar-refractivity contribution is 0.561. The fourth-order valence-electron chi connectivity index (χ4n) is 1.71. The molecule has 2 nitrogen and oxygen atoms in total. The molecule has 0 bridgehead atoms. The third-order valence-electron chi connectivity index (χ3n) is 2.83. The lowest BCUT2D eigenvalue weighted by Gasteiger charge is -2.09. The minimum Gasteiger partial charge on any atom is -0.309 e. The topological polar surface area (TPSA) is 24.9 Å². The zero-order chi connectivity index (χ0) is 13.8. The molecule has 1 atom stereocenters. The molecule has 1 heterocycles. The van der Waals surface area contributed by atoms with Gasteiger partial charge in [0.15, 0.2) is 0 Å². The van der Waals surface area contributed by atoms with Crippen molar-refractivity contribution in [2.45, 2.75) is 26.3 Å². The van der Waals surface area contributed by atoms with Crippen LogP contribution in [0.4, 0.5) is 4.39 Å². The summed E-state index contributed by atoms with van der Waals surface area (Å²) >= 11 is 7.34. The Morgan fingerprint density at radius 1 is 1.47 bits per heavy atom. The van der Waals surface area contributed by atoms with Gasteiger partial charge in [0.2, 0.25) is 0 Å². The van der Waals surface area contributed by atoms with Crippen LogP contribution >= 0.6 is 22.9 Å². The summed E-state index contributed by atoms with van der Waals surface area (Å²) in [5.74, 6) is -0.403. The maximum atomic E-state index is 13.1. The predicted octanol–water partition coefficient (Wildman–Crippen LogP) is 4.66. The Morgan fingerprint density at radius 3 is 2.95 bits per heavy atom. The van der Waals surface area contributed by atoms with E-state index in [0.29, 0.717) is 0 Å². The standard InChI is InChI=1S/C14H16ClFN2S/c1-3-6-17-9(2)13-8-19-14(18-13)10-4-5-12(16)11(15)7-10/h4-5,7-9,17H,3,6H2,1-2H3. The molecule has 5 heteroatoms. The minimum absolute atomic E-state index is 0.131. The van der Waals surface area contributed by atoms with Gasteiger partial charge in [0.05, 0.1) is 10.7 Å². The summed E-state index contributed by atoms with van der Waals surface area (Å²) in [6.45, 7) is 5.19. The largest absolute Gasteiger partial charge is 0.309 e. The Labute approximate surface area is 121 Å². The SMILES string of the molecule is CCCNC(C)c1csc(-c2ccc(F)c(Cl)c2)n1. The molecule has 0 saturated carbocycles. The first-order valence-electron chi connectivity index (χ1n) is 6.26. The molecule has 0 radical (unpaired) electrons. The van der Waals surface area contributed by atoms with Gasteiger partial charge in [-0.3, -0.25) is 0 Å². The summed E-state index contributed by atoms with van der Waals surface area (Å²) in [6, 6.07) is 4.91. The molecule has 1 unspecified atom stereocenters. The van der Waals surface area contributed by atoms with Crippen molar-refractivity contribution in [3.05, 3.63) is 40.1 Å². The zero-order valence-corrected chi connectivity index (χ0v) is 12.5. The molecule has 1 aromatic carbocycles. The van der Waals surface area contributed by atoms with Gasteiger partial charge in [-0.1, -0.05) is 18.5 Å². The fourth-order valence-corrected chi connectivity index (χ4v) is 2.80. The van der Waals surface area contributed by atoms with Crippen molar-refractivity contribution in [2.24, 2.45) is 0 Å². The summed E-state index contributed by atoms with van der Waals surface area (Å²) in [5, 5.41) is 6.41. The molecule has 0 amide bonds. The second-order valence-corrected chi connectivity index (χ2v) is 5.65. The van der Waals surface area contributed by atoms with Crippen LogP contribution in [0.25, 0.3) is 10.6 Å². The molecule has 0 aliphatic heterocycles. The molecule has 0 fully saturated rings. The van der Waals surface area contributed by atoms with Crippen LogP contribution in [-0.2, 0) is 0 Å². The summed E-state index contributed by atoms with van der Waals surface area (Å²) < 4.78 is 13.1. The number of nitrogens with zero attached hydrogens (tertiary/aromatic N) is 1. The van der Waals surface area contributed by atoms with Crippen LogP contribution in [0.3, 0.4) is 0 Å². The van der Waals surface area contributed by atoms with E-state index in [0.717, 1.165) is 29.2 Å². The Hall–Kier alpha value is -0.970. The lowest BCUT2D eigenvalue weighted by atomic mass is 10.2. The molecular formula is C14H16ClFN2S. The van der Waals surface area contributed by atoms with Crippen LogP contribution in [0.1, 0.15) is 32.0 Å². The van der Waals surface area contributed by atoms with E-state index in [1.165, 1.54) is 6.07 Å².